The van der Waals surface area contributed by atoms with Gasteiger partial charge in [-0.1, -0.05) is 11.6 Å². The van der Waals surface area contributed by atoms with Crippen molar-refractivity contribution in [1.82, 2.24) is 0 Å². The molecule has 2 rings (SSSR count). The fourth-order valence-electron chi connectivity index (χ4n) is 1.84. The molecule has 0 aliphatic carbocycles. The van der Waals surface area contributed by atoms with Crippen LogP contribution in [-0.2, 0) is 4.79 Å². The molecule has 0 atom stereocenters. The van der Waals surface area contributed by atoms with Crippen LogP contribution in [0.5, 0.6) is 0 Å². The summed E-state index contributed by atoms with van der Waals surface area (Å²) in [6, 6.07) is 7.77. The maximum Gasteiger partial charge on any atom is 0.289 e. The van der Waals surface area contributed by atoms with E-state index in [2.05, 4.69) is 10.6 Å². The number of benzene rings is 2. The number of anilines is 2. The number of nitro groups is 1. The Morgan fingerprint density at radius 1 is 1.27 bits per heavy atom. The molecule has 0 spiro atoms. The molecule has 0 unspecified atom stereocenters. The van der Waals surface area contributed by atoms with Crippen LogP contribution in [0.4, 0.5) is 25.8 Å². The molecule has 0 saturated carbocycles. The molecular formula is C16H9ClF2N4O3. The molecule has 26 heavy (non-hydrogen) atoms. The molecule has 0 radical (unpaired) electrons. The summed E-state index contributed by atoms with van der Waals surface area (Å²) in [6.45, 7) is 0. The van der Waals surface area contributed by atoms with E-state index in [1.807, 2.05) is 0 Å². The molecule has 0 saturated heterocycles. The van der Waals surface area contributed by atoms with Gasteiger partial charge in [0.05, 0.1) is 10.6 Å². The first-order valence-electron chi connectivity index (χ1n) is 6.89. The Morgan fingerprint density at radius 2 is 2.00 bits per heavy atom. The monoisotopic (exact) mass is 378 g/mol. The topological polar surface area (TPSA) is 108 Å². The highest BCUT2D eigenvalue weighted by atomic mass is 35.5. The van der Waals surface area contributed by atoms with Crippen molar-refractivity contribution in [2.24, 2.45) is 0 Å². The van der Waals surface area contributed by atoms with Crippen LogP contribution < -0.4 is 10.6 Å². The number of nitrogens with one attached hydrogen (secondary N) is 2. The number of rotatable bonds is 5. The minimum Gasteiger partial charge on any atom is -0.358 e. The molecule has 0 aliphatic heterocycles. The van der Waals surface area contributed by atoms with E-state index in [4.69, 9.17) is 16.9 Å². The Labute approximate surface area is 150 Å². The average Bonchev–Trinajstić information content (AvgIpc) is 2.59. The van der Waals surface area contributed by atoms with Crippen LogP contribution in [0.15, 0.2) is 48.2 Å². The molecule has 2 aromatic carbocycles. The van der Waals surface area contributed by atoms with Crippen LogP contribution in [0.25, 0.3) is 0 Å². The van der Waals surface area contributed by atoms with Crippen LogP contribution >= 0.6 is 11.6 Å². The third kappa shape index (κ3) is 4.52. The predicted molar refractivity (Wildman–Crippen MR) is 90.4 cm³/mol. The number of carbonyl (C=O) groups excluding carboxylic acids is 1. The molecule has 2 aromatic rings. The largest absolute Gasteiger partial charge is 0.358 e. The minimum atomic E-state index is -0.909. The van der Waals surface area contributed by atoms with Gasteiger partial charge < -0.3 is 10.6 Å². The zero-order chi connectivity index (χ0) is 19.3. The van der Waals surface area contributed by atoms with Crippen LogP contribution in [0, 0.1) is 33.1 Å². The van der Waals surface area contributed by atoms with Crippen molar-refractivity contribution in [1.29, 1.82) is 5.26 Å². The Kier molecular flexibility index (Phi) is 5.82. The summed E-state index contributed by atoms with van der Waals surface area (Å²) in [5.74, 6) is -2.40. The highest BCUT2D eigenvalue weighted by molar-refractivity contribution is 6.32. The van der Waals surface area contributed by atoms with Gasteiger partial charge in [-0.2, -0.15) is 5.26 Å². The predicted octanol–water partition coefficient (Wildman–Crippen LogP) is 3.98. The van der Waals surface area contributed by atoms with Gasteiger partial charge in [0.25, 0.3) is 11.6 Å². The summed E-state index contributed by atoms with van der Waals surface area (Å²) in [4.78, 5) is 22.2. The van der Waals surface area contributed by atoms with Gasteiger partial charge in [-0.05, 0) is 24.3 Å². The van der Waals surface area contributed by atoms with Gasteiger partial charge in [0.2, 0.25) is 0 Å². The van der Waals surface area contributed by atoms with E-state index in [0.717, 1.165) is 30.5 Å². The third-order valence-electron chi connectivity index (χ3n) is 3.07. The molecule has 10 heteroatoms. The Balaban J connectivity index is 2.19. The molecule has 132 valence electrons. The van der Waals surface area contributed by atoms with Gasteiger partial charge in [0.15, 0.2) is 0 Å². The number of nitro benzene ring substituents is 1. The van der Waals surface area contributed by atoms with Crippen LogP contribution in [0.2, 0.25) is 5.02 Å². The van der Waals surface area contributed by atoms with Gasteiger partial charge in [0.1, 0.15) is 28.3 Å². The number of nitriles is 1. The normalized spacial score (nSPS) is 10.8. The van der Waals surface area contributed by atoms with Crippen LogP contribution in [-0.4, -0.2) is 10.8 Å². The SMILES string of the molecule is N#C/C(=C/Nc1cc(F)ccc1F)C(=O)Nc1ccc(Cl)c([N+](=O)[O-])c1. The first kappa shape index (κ1) is 18.8. The lowest BCUT2D eigenvalue weighted by Crippen LogP contribution is -2.14. The Morgan fingerprint density at radius 3 is 2.65 bits per heavy atom. The van der Waals surface area contributed by atoms with E-state index in [1.54, 1.807) is 6.07 Å². The van der Waals surface area contributed by atoms with Crippen molar-refractivity contribution in [2.45, 2.75) is 0 Å². The Bertz CT molecular complexity index is 957. The van der Waals surface area contributed by atoms with Gasteiger partial charge in [-0.25, -0.2) is 8.78 Å². The lowest BCUT2D eigenvalue weighted by Gasteiger charge is -2.06. The zero-order valence-corrected chi connectivity index (χ0v) is 13.6. The molecule has 0 aromatic heterocycles. The van der Waals surface area contributed by atoms with Crippen molar-refractivity contribution in [3.8, 4) is 6.07 Å². The fourth-order valence-corrected chi connectivity index (χ4v) is 2.02. The molecule has 0 aliphatic rings. The standard InChI is InChI=1S/C16H9ClF2N4O3/c17-12-3-2-11(6-15(12)23(25)26)22-16(24)9(7-20)8-21-14-5-10(18)1-4-13(14)19/h1-6,8,21H,(H,22,24)/b9-8-. The third-order valence-corrected chi connectivity index (χ3v) is 3.39. The second-order valence-electron chi connectivity index (χ2n) is 4.82. The lowest BCUT2D eigenvalue weighted by atomic mass is 10.2. The van der Waals surface area contributed by atoms with Crippen molar-refractivity contribution in [3.63, 3.8) is 0 Å². The van der Waals surface area contributed by atoms with E-state index in [0.29, 0.717) is 0 Å². The number of amides is 1. The molecule has 7 nitrogen and oxygen atoms in total. The average molecular weight is 379 g/mol. The molecule has 0 fully saturated rings. The van der Waals surface area contributed by atoms with Crippen LogP contribution in [0.3, 0.4) is 0 Å². The first-order chi connectivity index (χ1) is 12.3. The van der Waals surface area contributed by atoms with E-state index >= 15 is 0 Å². The fraction of sp³-hybridized carbons (Fsp3) is 0. The summed E-state index contributed by atoms with van der Waals surface area (Å²) in [5.41, 5.74) is -1.13. The number of halogens is 3. The number of hydrogen-bond acceptors (Lipinski definition) is 5. The van der Waals surface area contributed by atoms with Gasteiger partial charge >= 0.3 is 0 Å². The lowest BCUT2D eigenvalue weighted by molar-refractivity contribution is -0.384. The summed E-state index contributed by atoms with van der Waals surface area (Å²) in [7, 11) is 0. The second kappa shape index (κ2) is 8.04. The second-order valence-corrected chi connectivity index (χ2v) is 5.22. The van der Waals surface area contributed by atoms with Crippen molar-refractivity contribution in [3.05, 3.63) is 74.9 Å². The smallest absolute Gasteiger partial charge is 0.289 e. The number of nitrogens with zero attached hydrogens (tertiary/aromatic N) is 2. The van der Waals surface area contributed by atoms with Crippen molar-refractivity contribution >= 4 is 34.6 Å². The number of carbonyl (C=O) groups is 1. The molecular weight excluding hydrogens is 370 g/mol. The maximum absolute atomic E-state index is 13.5. The van der Waals surface area contributed by atoms with E-state index in [-0.39, 0.29) is 16.4 Å². The van der Waals surface area contributed by atoms with E-state index in [1.165, 1.54) is 12.1 Å². The molecule has 0 heterocycles. The van der Waals surface area contributed by atoms with E-state index in [9.17, 15) is 23.7 Å². The highest BCUT2D eigenvalue weighted by Crippen LogP contribution is 2.27. The molecule has 2 N–H and O–H groups in total. The molecule has 0 bridgehead atoms. The summed E-state index contributed by atoms with van der Waals surface area (Å²) in [5, 5.41) is 24.4. The summed E-state index contributed by atoms with van der Waals surface area (Å²) in [6.07, 6.45) is 0.886. The van der Waals surface area contributed by atoms with Gasteiger partial charge in [-0.3, -0.25) is 14.9 Å². The van der Waals surface area contributed by atoms with Gasteiger partial charge in [-0.15, -0.1) is 0 Å². The molecule has 1 amide bonds. The van der Waals surface area contributed by atoms with Gasteiger partial charge in [0, 0.05) is 24.0 Å². The highest BCUT2D eigenvalue weighted by Gasteiger charge is 2.15. The first-order valence-corrected chi connectivity index (χ1v) is 7.26. The van der Waals surface area contributed by atoms with Crippen molar-refractivity contribution in [2.75, 3.05) is 10.6 Å². The van der Waals surface area contributed by atoms with Crippen molar-refractivity contribution < 1.29 is 18.5 Å². The maximum atomic E-state index is 13.5. The summed E-state index contributed by atoms with van der Waals surface area (Å²) >= 11 is 5.67. The summed E-state index contributed by atoms with van der Waals surface area (Å²) < 4.78 is 26.6. The minimum absolute atomic E-state index is 0.0317. The number of hydrogen-bond donors (Lipinski definition) is 2. The quantitative estimate of drug-likeness (QED) is 0.354. The Hall–Kier alpha value is -3.51. The van der Waals surface area contributed by atoms with Crippen LogP contribution in [0.1, 0.15) is 0 Å². The zero-order valence-electron chi connectivity index (χ0n) is 12.8. The van der Waals surface area contributed by atoms with E-state index < -0.39 is 33.7 Å².